The van der Waals surface area contributed by atoms with Gasteiger partial charge in [0.05, 0.1) is 22.8 Å². The van der Waals surface area contributed by atoms with Crippen molar-refractivity contribution in [3.8, 4) is 17.1 Å². The number of ether oxygens (including phenoxy) is 1. The molecule has 1 aliphatic rings. The molecule has 1 aromatic carbocycles. The van der Waals surface area contributed by atoms with E-state index >= 15 is 0 Å². The molecule has 3 N–H and O–H groups in total. The minimum atomic E-state index is -3.74. The van der Waals surface area contributed by atoms with Gasteiger partial charge in [-0.15, -0.1) is 6.58 Å². The lowest BCUT2D eigenvalue weighted by molar-refractivity contribution is 0.0937. The Morgan fingerprint density at radius 1 is 1.28 bits per heavy atom. The number of H-pyrrole nitrogens is 1. The first-order chi connectivity index (χ1) is 17.3. The summed E-state index contributed by atoms with van der Waals surface area (Å²) in [5.41, 5.74) is 1.81. The number of carbonyl (C=O) groups excluding carboxylic acids is 1. The van der Waals surface area contributed by atoms with Gasteiger partial charge in [0.2, 0.25) is 0 Å². The van der Waals surface area contributed by atoms with Crippen molar-refractivity contribution in [3.05, 3.63) is 54.7 Å². The molecule has 10 nitrogen and oxygen atoms in total. The second kappa shape index (κ2) is 10.8. The van der Waals surface area contributed by atoms with Crippen molar-refractivity contribution < 1.29 is 23.1 Å². The van der Waals surface area contributed by atoms with Crippen LogP contribution in [0.1, 0.15) is 10.4 Å². The summed E-state index contributed by atoms with van der Waals surface area (Å²) >= 11 is 0. The summed E-state index contributed by atoms with van der Waals surface area (Å²) in [4.78, 5) is 23.9. The van der Waals surface area contributed by atoms with Gasteiger partial charge in [-0.1, -0.05) is 6.08 Å². The number of likely N-dealkylation sites (N-methyl/N-ethyl adjacent to an activating group) is 1. The number of hydrogen-bond donors (Lipinski definition) is 3. The number of fused-ring (bicyclic) bond motifs is 1. The summed E-state index contributed by atoms with van der Waals surface area (Å²) < 4.78 is 31.7. The first-order valence-corrected chi connectivity index (χ1v) is 13.2. The van der Waals surface area contributed by atoms with Crippen molar-refractivity contribution in [1.82, 2.24) is 25.1 Å². The number of methoxy groups -OCH3 is 1. The summed E-state index contributed by atoms with van der Waals surface area (Å²) in [6, 6.07) is 8.07. The maximum Gasteiger partial charge on any atom is 0.251 e. The number of carbonyl (C=O) groups is 1. The molecule has 3 aromatic rings. The van der Waals surface area contributed by atoms with E-state index in [1.165, 1.54) is 18.3 Å². The predicted molar refractivity (Wildman–Crippen MR) is 138 cm³/mol. The lowest BCUT2D eigenvalue weighted by atomic mass is 10.1. The third kappa shape index (κ3) is 5.14. The molecule has 1 amide bonds. The van der Waals surface area contributed by atoms with Gasteiger partial charge in [-0.3, -0.25) is 14.7 Å². The lowest BCUT2D eigenvalue weighted by Crippen LogP contribution is -2.50. The second-order valence-corrected chi connectivity index (χ2v) is 10.8. The normalized spacial score (nSPS) is 16.2. The number of piperazine rings is 1. The van der Waals surface area contributed by atoms with Crippen molar-refractivity contribution >= 4 is 26.6 Å². The molecule has 1 aliphatic heterocycles. The van der Waals surface area contributed by atoms with Crippen LogP contribution in [0, 0.1) is 0 Å². The average Bonchev–Trinajstić information content (AvgIpc) is 3.20. The fourth-order valence-corrected chi connectivity index (χ4v) is 5.92. The number of nitrogens with one attached hydrogen (secondary N) is 2. The molecule has 1 fully saturated rings. The van der Waals surface area contributed by atoms with Crippen molar-refractivity contribution in [3.63, 3.8) is 0 Å². The van der Waals surface area contributed by atoms with Crippen LogP contribution in [0.15, 0.2) is 54.1 Å². The number of pyridine rings is 1. The Kier molecular flexibility index (Phi) is 7.74. The fraction of sp³-hybridized carbons (Fsp3) is 0.360. The summed E-state index contributed by atoms with van der Waals surface area (Å²) in [6.45, 7) is 7.35. The van der Waals surface area contributed by atoms with E-state index in [1.54, 1.807) is 31.4 Å². The van der Waals surface area contributed by atoms with Crippen LogP contribution in [0.3, 0.4) is 0 Å². The molecule has 0 bridgehead atoms. The third-order valence-electron chi connectivity index (χ3n) is 6.37. The Morgan fingerprint density at radius 3 is 2.67 bits per heavy atom. The van der Waals surface area contributed by atoms with Crippen LogP contribution in [0.5, 0.6) is 5.88 Å². The van der Waals surface area contributed by atoms with Crippen LogP contribution in [-0.2, 0) is 14.6 Å². The number of hydrogen-bond acceptors (Lipinski definition) is 8. The highest BCUT2D eigenvalue weighted by atomic mass is 32.2. The SMILES string of the molecule is C=CC(N1CCN(C)CC1)S(=O)(=O)c1ccc(-c2c(O)[nH]c3ccc(C(=O)NCCOC)cc23)nc1. The molecule has 11 heteroatoms. The number of aromatic nitrogens is 2. The summed E-state index contributed by atoms with van der Waals surface area (Å²) in [6.07, 6.45) is 2.76. The molecule has 36 heavy (non-hydrogen) atoms. The quantitative estimate of drug-likeness (QED) is 0.292. The number of rotatable bonds is 9. The van der Waals surface area contributed by atoms with Crippen LogP contribution < -0.4 is 5.32 Å². The Balaban J connectivity index is 1.62. The summed E-state index contributed by atoms with van der Waals surface area (Å²) in [7, 11) is -0.178. The largest absolute Gasteiger partial charge is 0.494 e. The zero-order valence-corrected chi connectivity index (χ0v) is 21.2. The van der Waals surface area contributed by atoms with E-state index in [4.69, 9.17) is 4.74 Å². The highest BCUT2D eigenvalue weighted by molar-refractivity contribution is 7.92. The zero-order chi connectivity index (χ0) is 25.9. The maximum absolute atomic E-state index is 13.4. The molecular weight excluding hydrogens is 482 g/mol. The van der Waals surface area contributed by atoms with E-state index in [9.17, 15) is 18.3 Å². The number of aromatic hydroxyl groups is 1. The third-order valence-corrected chi connectivity index (χ3v) is 8.40. The van der Waals surface area contributed by atoms with Gasteiger partial charge in [0.1, 0.15) is 5.37 Å². The van der Waals surface area contributed by atoms with Gasteiger partial charge < -0.3 is 25.0 Å². The van der Waals surface area contributed by atoms with Gasteiger partial charge in [0, 0.05) is 62.5 Å². The summed E-state index contributed by atoms with van der Waals surface area (Å²) in [5.74, 6) is -0.388. The van der Waals surface area contributed by atoms with Gasteiger partial charge in [-0.2, -0.15) is 0 Å². The van der Waals surface area contributed by atoms with Crippen LogP contribution >= 0.6 is 0 Å². The number of amides is 1. The van der Waals surface area contributed by atoms with E-state index < -0.39 is 15.2 Å². The molecule has 0 spiro atoms. The van der Waals surface area contributed by atoms with E-state index in [-0.39, 0.29) is 16.7 Å². The van der Waals surface area contributed by atoms with E-state index in [0.29, 0.717) is 54.0 Å². The molecule has 1 atom stereocenters. The topological polar surface area (TPSA) is 128 Å². The molecule has 3 heterocycles. The summed E-state index contributed by atoms with van der Waals surface area (Å²) in [5, 5.41) is 13.1. The van der Waals surface area contributed by atoms with Crippen molar-refractivity contribution in [2.75, 3.05) is 53.5 Å². The highest BCUT2D eigenvalue weighted by Gasteiger charge is 2.32. The Hall–Kier alpha value is -3.25. The molecule has 4 rings (SSSR count). The minimum absolute atomic E-state index is 0.0765. The number of benzene rings is 1. The first-order valence-electron chi connectivity index (χ1n) is 11.6. The maximum atomic E-state index is 13.4. The van der Waals surface area contributed by atoms with Crippen LogP contribution in [0.25, 0.3) is 22.2 Å². The molecule has 2 aromatic heterocycles. The second-order valence-electron chi connectivity index (χ2n) is 8.75. The average molecular weight is 514 g/mol. The fourth-order valence-electron chi connectivity index (χ4n) is 4.33. The standard InChI is InChI=1S/C25H31N5O5S/c1-4-22(30-12-10-29(2)11-13-30)36(33,34)18-6-8-21(27-16-18)23-19-15-17(24(31)26-9-14-35-3)5-7-20(19)28-25(23)32/h4-8,15-16,22,28,32H,1,9-14H2,2-3H3,(H,26,31). The van der Waals surface area contributed by atoms with Crippen molar-refractivity contribution in [2.45, 2.75) is 10.3 Å². The van der Waals surface area contributed by atoms with Crippen molar-refractivity contribution in [2.24, 2.45) is 0 Å². The van der Waals surface area contributed by atoms with Crippen LogP contribution in [0.2, 0.25) is 0 Å². The molecule has 1 saturated heterocycles. The van der Waals surface area contributed by atoms with E-state index in [0.717, 1.165) is 13.1 Å². The minimum Gasteiger partial charge on any atom is -0.494 e. The molecule has 1 unspecified atom stereocenters. The predicted octanol–water partition coefficient (Wildman–Crippen LogP) is 1.84. The van der Waals surface area contributed by atoms with Gasteiger partial charge in [0.25, 0.3) is 5.91 Å². The number of aromatic amines is 1. The first kappa shape index (κ1) is 25.8. The van der Waals surface area contributed by atoms with E-state index in [1.807, 2.05) is 11.9 Å². The molecular formula is C25H31N5O5S. The van der Waals surface area contributed by atoms with Crippen molar-refractivity contribution in [1.29, 1.82) is 0 Å². The molecule has 0 aliphatic carbocycles. The van der Waals surface area contributed by atoms with E-state index in [2.05, 4.69) is 26.8 Å². The zero-order valence-electron chi connectivity index (χ0n) is 20.4. The smallest absolute Gasteiger partial charge is 0.251 e. The highest BCUT2D eigenvalue weighted by Crippen LogP contribution is 2.36. The molecule has 0 saturated carbocycles. The Bertz CT molecular complexity index is 1350. The van der Waals surface area contributed by atoms with Gasteiger partial charge >= 0.3 is 0 Å². The molecule has 192 valence electrons. The monoisotopic (exact) mass is 513 g/mol. The number of nitrogens with zero attached hydrogens (tertiary/aromatic N) is 3. The molecule has 0 radical (unpaired) electrons. The Morgan fingerprint density at radius 2 is 2.03 bits per heavy atom. The van der Waals surface area contributed by atoms with Gasteiger partial charge in [-0.25, -0.2) is 8.42 Å². The van der Waals surface area contributed by atoms with Gasteiger partial charge in [-0.05, 0) is 37.4 Å². The van der Waals surface area contributed by atoms with Gasteiger partial charge in [0.15, 0.2) is 15.7 Å². The number of sulfone groups is 1. The van der Waals surface area contributed by atoms with Crippen LogP contribution in [-0.4, -0.2) is 98.1 Å². The van der Waals surface area contributed by atoms with Crippen LogP contribution in [0.4, 0.5) is 0 Å². The Labute approximate surface area is 210 Å². The lowest BCUT2D eigenvalue weighted by Gasteiger charge is -2.36.